The van der Waals surface area contributed by atoms with Crippen molar-refractivity contribution in [2.45, 2.75) is 13.0 Å². The van der Waals surface area contributed by atoms with Crippen LogP contribution in [0, 0.1) is 0 Å². The van der Waals surface area contributed by atoms with Gasteiger partial charge >= 0.3 is 5.97 Å². The van der Waals surface area contributed by atoms with Gasteiger partial charge in [0.25, 0.3) is 0 Å². The molecule has 0 aliphatic carbocycles. The lowest BCUT2D eigenvalue weighted by Crippen LogP contribution is -2.16. The number of aromatic carboxylic acids is 1. The van der Waals surface area contributed by atoms with E-state index < -0.39 is 5.97 Å². The summed E-state index contributed by atoms with van der Waals surface area (Å²) in [7, 11) is 1.60. The number of hydrogen-bond acceptors (Lipinski definition) is 3. The normalized spacial score (nSPS) is 12.1. The molecule has 0 heterocycles. The fourth-order valence-corrected chi connectivity index (χ4v) is 1.00. The third-order valence-electron chi connectivity index (χ3n) is 1.97. The number of carboxylic acids is 1. The van der Waals surface area contributed by atoms with Gasteiger partial charge in [-0.1, -0.05) is 6.07 Å². The molecule has 1 rings (SSSR count). The van der Waals surface area contributed by atoms with Gasteiger partial charge in [0.15, 0.2) is 0 Å². The van der Waals surface area contributed by atoms with E-state index >= 15 is 0 Å². The van der Waals surface area contributed by atoms with Crippen molar-refractivity contribution in [3.8, 4) is 5.75 Å². The molecular weight excluding hydrogens is 196 g/mol. The van der Waals surface area contributed by atoms with Crippen LogP contribution in [0.5, 0.6) is 5.75 Å². The van der Waals surface area contributed by atoms with Crippen molar-refractivity contribution in [2.24, 2.45) is 0 Å². The van der Waals surface area contributed by atoms with Gasteiger partial charge in [-0.15, -0.1) is 0 Å². The molecule has 0 aliphatic rings. The molecule has 0 saturated heterocycles. The van der Waals surface area contributed by atoms with Crippen molar-refractivity contribution in [1.29, 1.82) is 0 Å². The minimum absolute atomic E-state index is 0.0153. The first-order valence-electron chi connectivity index (χ1n) is 4.62. The first-order chi connectivity index (χ1) is 7.13. The highest BCUT2D eigenvalue weighted by atomic mass is 16.5. The van der Waals surface area contributed by atoms with E-state index in [1.165, 1.54) is 12.1 Å². The van der Waals surface area contributed by atoms with Gasteiger partial charge in [-0.3, -0.25) is 0 Å². The number of ether oxygens (including phenoxy) is 2. The molecule has 1 N–H and O–H groups in total. The highest BCUT2D eigenvalue weighted by molar-refractivity contribution is 5.87. The molecule has 0 bridgehead atoms. The van der Waals surface area contributed by atoms with Crippen LogP contribution < -0.4 is 4.74 Å². The third-order valence-corrected chi connectivity index (χ3v) is 1.97. The van der Waals surface area contributed by atoms with Gasteiger partial charge in [0.05, 0.1) is 11.7 Å². The van der Waals surface area contributed by atoms with Crippen molar-refractivity contribution in [2.75, 3.05) is 13.7 Å². The maximum absolute atomic E-state index is 10.7. The van der Waals surface area contributed by atoms with E-state index in [9.17, 15) is 4.79 Å². The summed E-state index contributed by atoms with van der Waals surface area (Å²) in [4.78, 5) is 10.7. The van der Waals surface area contributed by atoms with Crippen LogP contribution in [0.15, 0.2) is 24.3 Å². The summed E-state index contributed by atoms with van der Waals surface area (Å²) >= 11 is 0. The lowest BCUT2D eigenvalue weighted by atomic mass is 10.2. The fourth-order valence-electron chi connectivity index (χ4n) is 1.00. The first kappa shape index (κ1) is 11.5. The molecule has 1 unspecified atom stereocenters. The molecule has 1 atom stereocenters. The molecule has 4 heteroatoms. The first-order valence-corrected chi connectivity index (χ1v) is 4.62. The van der Waals surface area contributed by atoms with Gasteiger partial charge in [-0.25, -0.2) is 4.79 Å². The second-order valence-corrected chi connectivity index (χ2v) is 3.19. The Morgan fingerprint density at radius 1 is 1.53 bits per heavy atom. The SMILES string of the molecule is COC(C)COc1cccc(C(=O)O)c1. The Kier molecular flexibility index (Phi) is 4.12. The summed E-state index contributed by atoms with van der Waals surface area (Å²) in [5.74, 6) is -0.418. The van der Waals surface area contributed by atoms with Crippen molar-refractivity contribution in [1.82, 2.24) is 0 Å². The minimum atomic E-state index is -0.958. The maximum Gasteiger partial charge on any atom is 0.335 e. The summed E-state index contributed by atoms with van der Waals surface area (Å²) < 4.78 is 10.4. The summed E-state index contributed by atoms with van der Waals surface area (Å²) in [5, 5.41) is 8.75. The monoisotopic (exact) mass is 210 g/mol. The summed E-state index contributed by atoms with van der Waals surface area (Å²) in [5.41, 5.74) is 0.220. The van der Waals surface area contributed by atoms with Crippen LogP contribution in [-0.4, -0.2) is 30.9 Å². The Labute approximate surface area is 88.4 Å². The molecule has 1 aromatic rings. The van der Waals surface area contributed by atoms with Crippen LogP contribution in [0.4, 0.5) is 0 Å². The maximum atomic E-state index is 10.7. The number of methoxy groups -OCH3 is 1. The van der Waals surface area contributed by atoms with Crippen molar-refractivity contribution < 1.29 is 19.4 Å². The molecule has 82 valence electrons. The largest absolute Gasteiger partial charge is 0.491 e. The fraction of sp³-hybridized carbons (Fsp3) is 0.364. The molecule has 0 aliphatic heterocycles. The van der Waals surface area contributed by atoms with Gasteiger partial charge in [0.2, 0.25) is 0 Å². The van der Waals surface area contributed by atoms with Crippen LogP contribution in [-0.2, 0) is 4.74 Å². The van der Waals surface area contributed by atoms with Crippen molar-refractivity contribution in [3.05, 3.63) is 29.8 Å². The molecule has 1 aromatic carbocycles. The van der Waals surface area contributed by atoms with E-state index in [1.807, 2.05) is 6.92 Å². The highest BCUT2D eigenvalue weighted by Crippen LogP contribution is 2.13. The summed E-state index contributed by atoms with van der Waals surface area (Å²) in [6, 6.07) is 6.38. The zero-order valence-corrected chi connectivity index (χ0v) is 8.77. The Morgan fingerprint density at radius 3 is 2.87 bits per heavy atom. The lowest BCUT2D eigenvalue weighted by molar-refractivity contribution is 0.0689. The second kappa shape index (κ2) is 5.36. The molecule has 0 radical (unpaired) electrons. The topological polar surface area (TPSA) is 55.8 Å². The molecule has 0 fully saturated rings. The van der Waals surface area contributed by atoms with Crippen molar-refractivity contribution in [3.63, 3.8) is 0 Å². The average molecular weight is 210 g/mol. The third kappa shape index (κ3) is 3.59. The summed E-state index contributed by atoms with van der Waals surface area (Å²) in [6.45, 7) is 2.28. The molecule has 0 aromatic heterocycles. The second-order valence-electron chi connectivity index (χ2n) is 3.19. The van der Waals surface area contributed by atoms with E-state index in [0.29, 0.717) is 12.4 Å². The molecular formula is C11H14O4. The molecule has 0 saturated carbocycles. The average Bonchev–Trinajstić information content (AvgIpc) is 2.26. The quantitative estimate of drug-likeness (QED) is 0.805. The zero-order chi connectivity index (χ0) is 11.3. The van der Waals surface area contributed by atoms with Gasteiger partial charge in [-0.2, -0.15) is 0 Å². The predicted molar refractivity (Wildman–Crippen MR) is 55.4 cm³/mol. The van der Waals surface area contributed by atoms with Gasteiger partial charge in [0.1, 0.15) is 12.4 Å². The Hall–Kier alpha value is -1.55. The number of benzene rings is 1. The van der Waals surface area contributed by atoms with Gasteiger partial charge in [-0.05, 0) is 25.1 Å². The van der Waals surface area contributed by atoms with E-state index in [1.54, 1.807) is 19.2 Å². The van der Waals surface area contributed by atoms with E-state index in [-0.39, 0.29) is 11.7 Å². The molecule has 15 heavy (non-hydrogen) atoms. The van der Waals surface area contributed by atoms with Crippen LogP contribution in [0.25, 0.3) is 0 Å². The predicted octanol–water partition coefficient (Wildman–Crippen LogP) is 1.80. The number of hydrogen-bond donors (Lipinski definition) is 1. The summed E-state index contributed by atoms with van der Waals surface area (Å²) in [6.07, 6.45) is -0.0153. The van der Waals surface area contributed by atoms with Crippen molar-refractivity contribution >= 4 is 5.97 Å². The molecule has 4 nitrogen and oxygen atoms in total. The van der Waals surface area contributed by atoms with Crippen LogP contribution in [0.3, 0.4) is 0 Å². The van der Waals surface area contributed by atoms with Crippen LogP contribution in [0.2, 0.25) is 0 Å². The number of rotatable bonds is 5. The lowest BCUT2D eigenvalue weighted by Gasteiger charge is -2.11. The molecule has 0 amide bonds. The smallest absolute Gasteiger partial charge is 0.335 e. The molecule has 0 spiro atoms. The van der Waals surface area contributed by atoms with E-state index in [4.69, 9.17) is 14.6 Å². The zero-order valence-electron chi connectivity index (χ0n) is 8.77. The van der Waals surface area contributed by atoms with Crippen LogP contribution in [0.1, 0.15) is 17.3 Å². The minimum Gasteiger partial charge on any atom is -0.491 e. The van der Waals surface area contributed by atoms with E-state index in [0.717, 1.165) is 0 Å². The van der Waals surface area contributed by atoms with E-state index in [2.05, 4.69) is 0 Å². The number of carbonyl (C=O) groups is 1. The standard InChI is InChI=1S/C11H14O4/c1-8(14-2)7-15-10-5-3-4-9(6-10)11(12)13/h3-6,8H,7H2,1-2H3,(H,12,13). The highest BCUT2D eigenvalue weighted by Gasteiger charge is 2.05. The van der Waals surface area contributed by atoms with Gasteiger partial charge in [0, 0.05) is 7.11 Å². The van der Waals surface area contributed by atoms with Crippen LogP contribution >= 0.6 is 0 Å². The number of carboxylic acid groups (broad SMARTS) is 1. The Morgan fingerprint density at radius 2 is 2.27 bits per heavy atom. The van der Waals surface area contributed by atoms with Gasteiger partial charge < -0.3 is 14.6 Å². The Balaban J connectivity index is 2.62. The Bertz CT molecular complexity index is 335.